The molecule has 0 atom stereocenters. The van der Waals surface area contributed by atoms with Crippen molar-refractivity contribution in [1.29, 1.82) is 0 Å². The number of rotatable bonds is 4. The van der Waals surface area contributed by atoms with Crippen LogP contribution in [0, 0.1) is 6.92 Å². The Labute approximate surface area is 147 Å². The summed E-state index contributed by atoms with van der Waals surface area (Å²) in [7, 11) is 0. The number of hydrogen-bond acceptors (Lipinski definition) is 4. The molecule has 25 heavy (non-hydrogen) atoms. The first-order valence-corrected chi connectivity index (χ1v) is 8.22. The summed E-state index contributed by atoms with van der Waals surface area (Å²) in [5.74, 6) is 0.985. The minimum Gasteiger partial charge on any atom is -0.484 e. The van der Waals surface area contributed by atoms with Gasteiger partial charge in [0.05, 0.1) is 5.69 Å². The highest BCUT2D eigenvalue weighted by atomic mass is 16.5. The van der Waals surface area contributed by atoms with Crippen LogP contribution in [0.2, 0.25) is 0 Å². The molecule has 3 rings (SSSR count). The molecular formula is C20H22N2O3. The molecule has 5 heteroatoms. The number of aromatic nitrogens is 1. The Balaban J connectivity index is 1.63. The van der Waals surface area contributed by atoms with Gasteiger partial charge in [-0.05, 0) is 35.2 Å². The highest BCUT2D eigenvalue weighted by Gasteiger charge is 2.14. The zero-order valence-electron chi connectivity index (χ0n) is 14.9. The number of benzene rings is 2. The maximum absolute atomic E-state index is 12.2. The molecule has 0 unspecified atom stereocenters. The van der Waals surface area contributed by atoms with E-state index in [1.165, 1.54) is 5.56 Å². The fourth-order valence-corrected chi connectivity index (χ4v) is 2.55. The van der Waals surface area contributed by atoms with Crippen molar-refractivity contribution in [2.75, 3.05) is 11.9 Å². The summed E-state index contributed by atoms with van der Waals surface area (Å²) in [5, 5.41) is 2.82. The highest BCUT2D eigenvalue weighted by Crippen LogP contribution is 2.25. The van der Waals surface area contributed by atoms with Crippen molar-refractivity contribution in [3.8, 4) is 5.75 Å². The number of amides is 1. The summed E-state index contributed by atoms with van der Waals surface area (Å²) in [6.45, 7) is 8.17. The number of para-hydroxylation sites is 1. The van der Waals surface area contributed by atoms with E-state index in [1.807, 2.05) is 36.4 Å². The molecular weight excluding hydrogens is 316 g/mol. The number of nitrogens with zero attached hydrogens (tertiary/aromatic N) is 1. The number of aryl methyl sites for hydroxylation is 1. The summed E-state index contributed by atoms with van der Waals surface area (Å²) >= 11 is 0. The second kappa shape index (κ2) is 6.59. The van der Waals surface area contributed by atoms with Crippen molar-refractivity contribution in [1.82, 2.24) is 4.98 Å². The van der Waals surface area contributed by atoms with Gasteiger partial charge in [-0.25, -0.2) is 4.98 Å². The fourth-order valence-electron chi connectivity index (χ4n) is 2.55. The van der Waals surface area contributed by atoms with Gasteiger partial charge in [-0.15, -0.1) is 0 Å². The van der Waals surface area contributed by atoms with E-state index >= 15 is 0 Å². The number of hydrogen-bond donors (Lipinski definition) is 1. The molecule has 0 radical (unpaired) electrons. The van der Waals surface area contributed by atoms with E-state index < -0.39 is 0 Å². The summed E-state index contributed by atoms with van der Waals surface area (Å²) in [4.78, 5) is 16.5. The minimum absolute atomic E-state index is 0.0674. The van der Waals surface area contributed by atoms with Crippen molar-refractivity contribution in [3.05, 3.63) is 53.9 Å². The minimum atomic E-state index is -0.243. The monoisotopic (exact) mass is 338 g/mol. The number of oxazole rings is 1. The molecule has 130 valence electrons. The lowest BCUT2D eigenvalue weighted by molar-refractivity contribution is -0.118. The van der Waals surface area contributed by atoms with Crippen LogP contribution >= 0.6 is 0 Å². The van der Waals surface area contributed by atoms with Gasteiger partial charge in [-0.3, -0.25) is 4.79 Å². The summed E-state index contributed by atoms with van der Waals surface area (Å²) in [5.41, 5.74) is 3.21. The van der Waals surface area contributed by atoms with Gasteiger partial charge in [-0.2, -0.15) is 0 Å². The van der Waals surface area contributed by atoms with Crippen LogP contribution in [0.4, 0.5) is 5.69 Å². The number of anilines is 1. The molecule has 3 aromatic rings. The predicted octanol–water partition coefficient (Wildman–Crippen LogP) is 4.45. The fraction of sp³-hybridized carbons (Fsp3) is 0.300. The number of ether oxygens (including phenoxy) is 1. The molecule has 0 bridgehead atoms. The van der Waals surface area contributed by atoms with Crippen LogP contribution in [0.1, 0.15) is 32.2 Å². The zero-order chi connectivity index (χ0) is 18.0. The molecule has 0 saturated heterocycles. The average Bonchev–Trinajstić information content (AvgIpc) is 2.94. The van der Waals surface area contributed by atoms with Crippen molar-refractivity contribution < 1.29 is 13.9 Å². The molecule has 1 N–H and O–H groups in total. The molecule has 0 aliphatic heterocycles. The Bertz CT molecular complexity index is 889. The molecule has 1 amide bonds. The van der Waals surface area contributed by atoms with Gasteiger partial charge in [-0.1, -0.05) is 39.0 Å². The number of carbonyl (C=O) groups is 1. The van der Waals surface area contributed by atoms with Crippen molar-refractivity contribution >= 4 is 22.7 Å². The van der Waals surface area contributed by atoms with Gasteiger partial charge in [0.2, 0.25) is 0 Å². The molecule has 1 aromatic heterocycles. The van der Waals surface area contributed by atoms with Gasteiger partial charge in [0, 0.05) is 6.92 Å². The normalized spacial score (nSPS) is 11.5. The summed E-state index contributed by atoms with van der Waals surface area (Å²) in [6, 6.07) is 13.2. The summed E-state index contributed by atoms with van der Waals surface area (Å²) < 4.78 is 11.0. The molecule has 0 saturated carbocycles. The first-order valence-electron chi connectivity index (χ1n) is 8.22. The maximum atomic E-state index is 12.2. The third-order valence-electron chi connectivity index (χ3n) is 3.89. The van der Waals surface area contributed by atoms with Crippen molar-refractivity contribution in [3.63, 3.8) is 0 Å². The van der Waals surface area contributed by atoms with E-state index in [-0.39, 0.29) is 17.9 Å². The Kier molecular flexibility index (Phi) is 4.49. The van der Waals surface area contributed by atoms with Crippen LogP contribution in [0.3, 0.4) is 0 Å². The largest absolute Gasteiger partial charge is 0.484 e. The first-order chi connectivity index (χ1) is 11.8. The smallest absolute Gasteiger partial charge is 0.262 e. The SMILES string of the molecule is Cc1nc2c(NC(=O)COc3ccc(C(C)(C)C)cc3)cccc2o1. The van der Waals surface area contributed by atoms with Gasteiger partial charge in [0.15, 0.2) is 18.1 Å². The van der Waals surface area contributed by atoms with Crippen molar-refractivity contribution in [2.24, 2.45) is 0 Å². The molecule has 5 nitrogen and oxygen atoms in total. The molecule has 0 aliphatic rings. The van der Waals surface area contributed by atoms with Gasteiger partial charge >= 0.3 is 0 Å². The lowest BCUT2D eigenvalue weighted by atomic mass is 9.87. The predicted molar refractivity (Wildman–Crippen MR) is 98.0 cm³/mol. The number of carbonyl (C=O) groups excluding carboxylic acids is 1. The molecule has 1 heterocycles. The topological polar surface area (TPSA) is 64.4 Å². The van der Waals surface area contributed by atoms with Crippen LogP contribution in [0.5, 0.6) is 5.75 Å². The molecule has 0 aliphatic carbocycles. The van der Waals surface area contributed by atoms with Gasteiger partial charge in [0.1, 0.15) is 11.3 Å². The second-order valence-corrected chi connectivity index (χ2v) is 7.00. The molecule has 0 spiro atoms. The van der Waals surface area contributed by atoms with E-state index in [0.29, 0.717) is 28.4 Å². The Morgan fingerprint density at radius 1 is 1.16 bits per heavy atom. The van der Waals surface area contributed by atoms with Crippen LogP contribution in [0.15, 0.2) is 46.9 Å². The zero-order valence-corrected chi connectivity index (χ0v) is 14.9. The third-order valence-corrected chi connectivity index (χ3v) is 3.89. The average molecular weight is 338 g/mol. The Hall–Kier alpha value is -2.82. The number of nitrogens with one attached hydrogen (secondary N) is 1. The molecule has 0 fully saturated rings. The Morgan fingerprint density at radius 2 is 1.88 bits per heavy atom. The van der Waals surface area contributed by atoms with E-state index in [4.69, 9.17) is 9.15 Å². The second-order valence-electron chi connectivity index (χ2n) is 7.00. The third kappa shape index (κ3) is 3.99. The van der Waals surface area contributed by atoms with Crippen LogP contribution in [-0.2, 0) is 10.2 Å². The number of fused-ring (bicyclic) bond motifs is 1. The standard InChI is InChI=1S/C20H22N2O3/c1-13-21-19-16(6-5-7-17(19)25-13)22-18(23)12-24-15-10-8-14(9-11-15)20(2,3)4/h5-11H,12H2,1-4H3,(H,22,23). The van der Waals surface area contributed by atoms with E-state index in [1.54, 1.807) is 13.0 Å². The van der Waals surface area contributed by atoms with E-state index in [0.717, 1.165) is 0 Å². The van der Waals surface area contributed by atoms with Gasteiger partial charge in [0.25, 0.3) is 5.91 Å². The van der Waals surface area contributed by atoms with Crippen LogP contribution in [0.25, 0.3) is 11.1 Å². The lowest BCUT2D eigenvalue weighted by Crippen LogP contribution is -2.20. The van der Waals surface area contributed by atoms with Gasteiger partial charge < -0.3 is 14.5 Å². The van der Waals surface area contributed by atoms with E-state index in [9.17, 15) is 4.79 Å². The Morgan fingerprint density at radius 3 is 2.56 bits per heavy atom. The highest BCUT2D eigenvalue weighted by molar-refractivity contribution is 5.99. The van der Waals surface area contributed by atoms with Crippen molar-refractivity contribution in [2.45, 2.75) is 33.1 Å². The molecule has 2 aromatic carbocycles. The quantitative estimate of drug-likeness (QED) is 0.763. The van der Waals surface area contributed by atoms with E-state index in [2.05, 4.69) is 31.1 Å². The van der Waals surface area contributed by atoms with Crippen LogP contribution in [-0.4, -0.2) is 17.5 Å². The van der Waals surface area contributed by atoms with Crippen LogP contribution < -0.4 is 10.1 Å². The first kappa shape index (κ1) is 17.0. The summed E-state index contributed by atoms with van der Waals surface area (Å²) in [6.07, 6.45) is 0. The maximum Gasteiger partial charge on any atom is 0.262 e. The lowest BCUT2D eigenvalue weighted by Gasteiger charge is -2.19.